The smallest absolute Gasteiger partial charge is 0.267 e. The second-order valence-electron chi connectivity index (χ2n) is 4.11. The largest absolute Gasteiger partial charge is 0.364 e. The second-order valence-corrected chi connectivity index (χ2v) is 5.08. The normalized spacial score (nSPS) is 17.5. The number of aliphatic imine (C=N–C) groups is 1. The molecular formula is C12H11N5OS. The molecule has 0 saturated carbocycles. The maximum Gasteiger partial charge on any atom is 0.267 e. The van der Waals surface area contributed by atoms with E-state index in [0.29, 0.717) is 24.5 Å². The molecule has 3 rings (SSSR count). The molecule has 0 radical (unpaired) electrons. The van der Waals surface area contributed by atoms with Crippen LogP contribution in [-0.2, 0) is 11.2 Å². The Balaban J connectivity index is 1.97. The molecule has 2 aliphatic heterocycles. The highest BCUT2D eigenvalue weighted by Crippen LogP contribution is 2.22. The van der Waals surface area contributed by atoms with Crippen molar-refractivity contribution < 1.29 is 4.79 Å². The Morgan fingerprint density at radius 2 is 2.42 bits per heavy atom. The zero-order chi connectivity index (χ0) is 13.2. The van der Waals surface area contributed by atoms with Gasteiger partial charge in [-0.15, -0.1) is 11.3 Å². The Morgan fingerprint density at radius 1 is 1.53 bits per heavy atom. The van der Waals surface area contributed by atoms with Crippen molar-refractivity contribution in [2.75, 3.05) is 6.54 Å². The van der Waals surface area contributed by atoms with Crippen molar-refractivity contribution in [1.29, 1.82) is 0 Å². The van der Waals surface area contributed by atoms with E-state index < -0.39 is 5.91 Å². The quantitative estimate of drug-likeness (QED) is 0.879. The molecule has 1 aromatic rings. The number of allylic oxidation sites excluding steroid dienone is 1. The zero-order valence-corrected chi connectivity index (χ0v) is 10.8. The van der Waals surface area contributed by atoms with Crippen molar-refractivity contribution in [3.05, 3.63) is 40.0 Å². The van der Waals surface area contributed by atoms with Gasteiger partial charge in [0.25, 0.3) is 5.91 Å². The number of primary amides is 1. The molecule has 1 aromatic heterocycles. The standard InChI is InChI=1S/C12H11N5OS/c13-12(18)11-8(4-9-5-14-7-19-9)6-17-10(16-11)2-1-3-15-17/h1-3,5,7H,4,6H2,(H2,13,18). The van der Waals surface area contributed by atoms with E-state index in [2.05, 4.69) is 15.1 Å². The summed E-state index contributed by atoms with van der Waals surface area (Å²) >= 11 is 1.54. The molecule has 96 valence electrons. The summed E-state index contributed by atoms with van der Waals surface area (Å²) < 4.78 is 0. The monoisotopic (exact) mass is 273 g/mol. The third-order valence-electron chi connectivity index (χ3n) is 2.81. The van der Waals surface area contributed by atoms with E-state index in [1.807, 2.05) is 0 Å². The lowest BCUT2D eigenvalue weighted by atomic mass is 10.1. The average molecular weight is 273 g/mol. The van der Waals surface area contributed by atoms with Crippen molar-refractivity contribution in [2.24, 2.45) is 15.8 Å². The lowest BCUT2D eigenvalue weighted by Gasteiger charge is -2.27. The van der Waals surface area contributed by atoms with Crippen LogP contribution in [0.1, 0.15) is 4.88 Å². The first-order valence-electron chi connectivity index (χ1n) is 5.70. The SMILES string of the molecule is NC(=O)C1=C(Cc2cncs2)CN2N=CC=CC2=N1. The summed E-state index contributed by atoms with van der Waals surface area (Å²) in [4.78, 5) is 20.9. The number of hydrogen-bond acceptors (Lipinski definition) is 6. The van der Waals surface area contributed by atoms with E-state index in [9.17, 15) is 4.79 Å². The fourth-order valence-corrected chi connectivity index (χ4v) is 2.60. The minimum atomic E-state index is -0.505. The van der Waals surface area contributed by atoms with Crippen LogP contribution < -0.4 is 5.73 Å². The number of rotatable bonds is 3. The van der Waals surface area contributed by atoms with Crippen molar-refractivity contribution >= 4 is 29.3 Å². The van der Waals surface area contributed by atoms with Crippen LogP contribution in [0.4, 0.5) is 0 Å². The molecule has 0 atom stereocenters. The summed E-state index contributed by atoms with van der Waals surface area (Å²) in [6.07, 6.45) is 7.69. The summed E-state index contributed by atoms with van der Waals surface area (Å²) in [6, 6.07) is 0. The molecule has 0 unspecified atom stereocenters. The predicted octanol–water partition coefficient (Wildman–Crippen LogP) is 0.695. The molecule has 0 fully saturated rings. The van der Waals surface area contributed by atoms with Crippen LogP contribution in [0.25, 0.3) is 0 Å². The van der Waals surface area contributed by atoms with Gasteiger partial charge in [-0.2, -0.15) is 5.10 Å². The summed E-state index contributed by atoms with van der Waals surface area (Å²) in [7, 11) is 0. The molecule has 19 heavy (non-hydrogen) atoms. The van der Waals surface area contributed by atoms with Gasteiger partial charge in [0.05, 0.1) is 12.1 Å². The maximum atomic E-state index is 11.5. The Labute approximate surface area is 113 Å². The maximum absolute atomic E-state index is 11.5. The second kappa shape index (κ2) is 4.77. The third-order valence-corrected chi connectivity index (χ3v) is 3.59. The molecule has 0 saturated heterocycles. The van der Waals surface area contributed by atoms with Gasteiger partial charge in [-0.25, -0.2) is 10.0 Å². The van der Waals surface area contributed by atoms with Crippen LogP contribution in [-0.4, -0.2) is 34.5 Å². The number of thiazole rings is 1. The summed E-state index contributed by atoms with van der Waals surface area (Å²) in [5.74, 6) is 0.138. The molecule has 0 spiro atoms. The highest BCUT2D eigenvalue weighted by Gasteiger charge is 2.24. The number of amides is 1. The Bertz CT molecular complexity index is 627. The first-order chi connectivity index (χ1) is 9.24. The molecule has 3 heterocycles. The van der Waals surface area contributed by atoms with E-state index in [1.54, 1.807) is 46.4 Å². The summed E-state index contributed by atoms with van der Waals surface area (Å²) in [6.45, 7) is 0.524. The number of aromatic nitrogens is 1. The van der Waals surface area contributed by atoms with Crippen LogP contribution in [0.2, 0.25) is 0 Å². The lowest BCUT2D eigenvalue weighted by molar-refractivity contribution is -0.114. The first kappa shape index (κ1) is 11.8. The first-order valence-corrected chi connectivity index (χ1v) is 6.58. The van der Waals surface area contributed by atoms with Gasteiger partial charge in [-0.3, -0.25) is 9.78 Å². The van der Waals surface area contributed by atoms with Crippen molar-refractivity contribution in [3.63, 3.8) is 0 Å². The number of carbonyl (C=O) groups is 1. The topological polar surface area (TPSA) is 83.9 Å². The number of carbonyl (C=O) groups excluding carboxylic acids is 1. The highest BCUT2D eigenvalue weighted by atomic mass is 32.1. The van der Waals surface area contributed by atoms with Gasteiger partial charge < -0.3 is 5.73 Å². The van der Waals surface area contributed by atoms with Crippen LogP contribution in [0, 0.1) is 0 Å². The third kappa shape index (κ3) is 2.32. The van der Waals surface area contributed by atoms with Gasteiger partial charge in [-0.1, -0.05) is 0 Å². The highest BCUT2D eigenvalue weighted by molar-refractivity contribution is 7.09. The van der Waals surface area contributed by atoms with Crippen LogP contribution in [0.3, 0.4) is 0 Å². The van der Waals surface area contributed by atoms with Crippen LogP contribution in [0.5, 0.6) is 0 Å². The van der Waals surface area contributed by atoms with Crippen molar-refractivity contribution in [3.8, 4) is 0 Å². The molecule has 7 heteroatoms. The number of fused-ring (bicyclic) bond motifs is 1. The molecule has 0 aliphatic carbocycles. The fraction of sp³-hybridized carbons (Fsp3) is 0.167. The Hall–Kier alpha value is -2.28. The van der Waals surface area contributed by atoms with Gasteiger partial charge >= 0.3 is 0 Å². The number of hydrazone groups is 1. The van der Waals surface area contributed by atoms with Gasteiger partial charge in [-0.05, 0) is 17.7 Å². The molecule has 6 nitrogen and oxygen atoms in total. The molecular weight excluding hydrogens is 262 g/mol. The van der Waals surface area contributed by atoms with Gasteiger partial charge in [0, 0.05) is 23.7 Å². The minimum absolute atomic E-state index is 0.335. The molecule has 1 amide bonds. The average Bonchev–Trinajstić information content (AvgIpc) is 2.90. The lowest BCUT2D eigenvalue weighted by Crippen LogP contribution is -2.34. The van der Waals surface area contributed by atoms with Crippen LogP contribution in [0.15, 0.2) is 45.2 Å². The Morgan fingerprint density at radius 3 is 3.16 bits per heavy atom. The molecule has 0 aromatic carbocycles. The van der Waals surface area contributed by atoms with E-state index in [1.165, 1.54) is 0 Å². The predicted molar refractivity (Wildman–Crippen MR) is 73.8 cm³/mol. The number of amidine groups is 1. The fourth-order valence-electron chi connectivity index (χ4n) is 1.97. The Kier molecular flexibility index (Phi) is 2.96. The molecule has 0 bridgehead atoms. The zero-order valence-electron chi connectivity index (χ0n) is 9.98. The summed E-state index contributed by atoms with van der Waals surface area (Å²) in [5.41, 5.74) is 8.38. The molecule has 2 N–H and O–H groups in total. The number of nitrogens with two attached hydrogens (primary N) is 1. The number of hydrogen-bond donors (Lipinski definition) is 1. The van der Waals surface area contributed by atoms with Gasteiger partial charge in [0.1, 0.15) is 11.5 Å². The number of nitrogens with zero attached hydrogens (tertiary/aromatic N) is 4. The van der Waals surface area contributed by atoms with E-state index in [0.717, 1.165) is 10.5 Å². The molecule has 2 aliphatic rings. The minimum Gasteiger partial charge on any atom is -0.364 e. The van der Waals surface area contributed by atoms with Crippen molar-refractivity contribution in [2.45, 2.75) is 6.42 Å². The van der Waals surface area contributed by atoms with E-state index in [-0.39, 0.29) is 0 Å². The van der Waals surface area contributed by atoms with Crippen LogP contribution >= 0.6 is 11.3 Å². The van der Waals surface area contributed by atoms with E-state index >= 15 is 0 Å². The summed E-state index contributed by atoms with van der Waals surface area (Å²) in [5, 5.41) is 5.97. The van der Waals surface area contributed by atoms with Gasteiger partial charge in [0.15, 0.2) is 0 Å². The van der Waals surface area contributed by atoms with Gasteiger partial charge in [0.2, 0.25) is 0 Å². The van der Waals surface area contributed by atoms with Crippen molar-refractivity contribution in [1.82, 2.24) is 9.99 Å². The van der Waals surface area contributed by atoms with E-state index in [4.69, 9.17) is 5.73 Å².